The van der Waals surface area contributed by atoms with Crippen LogP contribution in [0, 0.1) is 0 Å². The van der Waals surface area contributed by atoms with Gasteiger partial charge in [0.1, 0.15) is 5.75 Å². The molecule has 5 nitrogen and oxygen atoms in total. The Morgan fingerprint density at radius 3 is 2.62 bits per heavy atom. The molecule has 0 spiro atoms. The molecular weight excluding hydrogens is 348 g/mol. The van der Waals surface area contributed by atoms with Crippen molar-refractivity contribution in [2.45, 2.75) is 45.8 Å². The maximum absolute atomic E-state index is 12.3. The molecule has 0 aromatic heterocycles. The van der Waals surface area contributed by atoms with E-state index >= 15 is 0 Å². The van der Waals surface area contributed by atoms with Gasteiger partial charge in [0.15, 0.2) is 5.17 Å². The van der Waals surface area contributed by atoms with E-state index in [0.29, 0.717) is 4.91 Å². The van der Waals surface area contributed by atoms with Crippen molar-refractivity contribution in [3.8, 4) is 5.75 Å². The van der Waals surface area contributed by atoms with Gasteiger partial charge >= 0.3 is 0 Å². The van der Waals surface area contributed by atoms with Gasteiger partial charge in [0.25, 0.3) is 5.91 Å². The molecule has 0 bridgehead atoms. The summed E-state index contributed by atoms with van der Waals surface area (Å²) >= 11 is 1.45. The Kier molecular flexibility index (Phi) is 6.38. The Morgan fingerprint density at radius 2 is 1.96 bits per heavy atom. The summed E-state index contributed by atoms with van der Waals surface area (Å²) in [5.74, 6) is 0.694. The molecule has 26 heavy (non-hydrogen) atoms. The smallest absolute Gasteiger partial charge is 0.286 e. The van der Waals surface area contributed by atoms with Gasteiger partial charge in [0, 0.05) is 13.1 Å². The van der Waals surface area contributed by atoms with E-state index in [1.807, 2.05) is 44.2 Å². The van der Waals surface area contributed by atoms with Crippen LogP contribution < -0.4 is 4.74 Å². The molecule has 1 fully saturated rings. The predicted octanol–water partition coefficient (Wildman–Crippen LogP) is 3.95. The Balaban J connectivity index is 1.63. The minimum Gasteiger partial charge on any atom is -0.494 e. The van der Waals surface area contributed by atoms with Crippen LogP contribution in [0.15, 0.2) is 34.2 Å². The molecular formula is C20H26N2O3S. The highest BCUT2D eigenvalue weighted by atomic mass is 32.2. The lowest BCUT2D eigenvalue weighted by Gasteiger charge is -2.35. The molecule has 3 rings (SSSR count). The summed E-state index contributed by atoms with van der Waals surface area (Å²) < 4.78 is 11.4. The third kappa shape index (κ3) is 4.89. The van der Waals surface area contributed by atoms with Crippen molar-refractivity contribution < 1.29 is 14.3 Å². The van der Waals surface area contributed by atoms with Gasteiger partial charge in [0.05, 0.1) is 23.7 Å². The predicted molar refractivity (Wildman–Crippen MR) is 106 cm³/mol. The van der Waals surface area contributed by atoms with Crippen LogP contribution >= 0.6 is 11.8 Å². The Morgan fingerprint density at radius 1 is 1.27 bits per heavy atom. The minimum atomic E-state index is -0.167. The van der Waals surface area contributed by atoms with Gasteiger partial charge < -0.3 is 14.4 Å². The molecule has 2 aliphatic heterocycles. The summed E-state index contributed by atoms with van der Waals surface area (Å²) in [6.07, 6.45) is 4.35. The zero-order valence-corrected chi connectivity index (χ0v) is 16.4. The number of carbonyl (C=O) groups is 1. The van der Waals surface area contributed by atoms with Crippen molar-refractivity contribution in [3.63, 3.8) is 0 Å². The molecule has 0 N–H and O–H groups in total. The number of carbonyl (C=O) groups excluding carboxylic acids is 1. The van der Waals surface area contributed by atoms with Crippen LogP contribution in [0.2, 0.25) is 0 Å². The lowest BCUT2D eigenvalue weighted by Crippen LogP contribution is -2.47. The molecule has 1 amide bonds. The van der Waals surface area contributed by atoms with E-state index in [2.05, 4.69) is 16.8 Å². The number of hydrogen-bond acceptors (Lipinski definition) is 5. The number of amidine groups is 1. The maximum Gasteiger partial charge on any atom is 0.286 e. The number of thioether (sulfide) groups is 1. The number of unbranched alkanes of at least 4 members (excludes halogenated alkanes) is 1. The van der Waals surface area contributed by atoms with Crippen LogP contribution in [0.25, 0.3) is 6.08 Å². The number of rotatable bonds is 5. The minimum absolute atomic E-state index is 0.144. The zero-order valence-electron chi connectivity index (χ0n) is 15.6. The first kappa shape index (κ1) is 19.0. The third-order valence-electron chi connectivity index (χ3n) is 4.24. The van der Waals surface area contributed by atoms with Crippen molar-refractivity contribution in [2.75, 3.05) is 19.7 Å². The molecule has 2 atom stereocenters. The average Bonchev–Trinajstić information content (AvgIpc) is 2.97. The SMILES string of the molecule is CCCCOc1ccc(C=C2SC(N3CC(C)OC(C)C3)=NC2=O)cc1. The van der Waals surface area contributed by atoms with Crippen molar-refractivity contribution in [3.05, 3.63) is 34.7 Å². The average molecular weight is 375 g/mol. The van der Waals surface area contributed by atoms with Gasteiger partial charge in [-0.2, -0.15) is 4.99 Å². The number of amides is 1. The summed E-state index contributed by atoms with van der Waals surface area (Å²) in [6.45, 7) is 8.50. The number of aliphatic imine (C=N–C) groups is 1. The fourth-order valence-corrected chi connectivity index (χ4v) is 3.94. The first-order valence-corrected chi connectivity index (χ1v) is 10.0. The summed E-state index contributed by atoms with van der Waals surface area (Å²) in [5.41, 5.74) is 0.976. The first-order valence-electron chi connectivity index (χ1n) is 9.21. The van der Waals surface area contributed by atoms with Crippen LogP contribution in [0.5, 0.6) is 5.75 Å². The molecule has 0 aliphatic carbocycles. The molecule has 6 heteroatoms. The Labute approximate surface area is 159 Å². The summed E-state index contributed by atoms with van der Waals surface area (Å²) in [5, 5.41) is 0.780. The second-order valence-electron chi connectivity index (χ2n) is 6.74. The third-order valence-corrected chi connectivity index (χ3v) is 5.29. The fourth-order valence-electron chi connectivity index (χ4n) is 3.01. The van der Waals surface area contributed by atoms with Crippen LogP contribution in [0.3, 0.4) is 0 Å². The highest BCUT2D eigenvalue weighted by molar-refractivity contribution is 8.18. The Hall–Kier alpha value is -1.79. The molecule has 140 valence electrons. The highest BCUT2D eigenvalue weighted by Gasteiger charge is 2.30. The van der Waals surface area contributed by atoms with E-state index in [9.17, 15) is 4.79 Å². The lowest BCUT2D eigenvalue weighted by atomic mass is 10.2. The van der Waals surface area contributed by atoms with E-state index < -0.39 is 0 Å². The van der Waals surface area contributed by atoms with Gasteiger partial charge in [0.2, 0.25) is 0 Å². The molecule has 0 saturated carbocycles. The molecule has 2 aliphatic rings. The lowest BCUT2D eigenvalue weighted by molar-refractivity contribution is -0.113. The Bertz CT molecular complexity index is 690. The van der Waals surface area contributed by atoms with Gasteiger partial charge in [-0.3, -0.25) is 4.79 Å². The number of nitrogens with zero attached hydrogens (tertiary/aromatic N) is 2. The zero-order chi connectivity index (χ0) is 18.5. The second-order valence-corrected chi connectivity index (χ2v) is 7.75. The normalized spacial score (nSPS) is 24.9. The van der Waals surface area contributed by atoms with E-state index in [0.717, 1.165) is 49.0 Å². The number of morpholine rings is 1. The largest absolute Gasteiger partial charge is 0.494 e. The van der Waals surface area contributed by atoms with Crippen LogP contribution in [-0.4, -0.2) is 47.9 Å². The van der Waals surface area contributed by atoms with Gasteiger partial charge in [-0.1, -0.05) is 25.5 Å². The topological polar surface area (TPSA) is 51.1 Å². The summed E-state index contributed by atoms with van der Waals surface area (Å²) in [6, 6.07) is 7.83. The van der Waals surface area contributed by atoms with E-state index in [1.54, 1.807) is 0 Å². The van der Waals surface area contributed by atoms with Gasteiger partial charge in [-0.05, 0) is 55.8 Å². The van der Waals surface area contributed by atoms with Gasteiger partial charge in [-0.25, -0.2) is 0 Å². The van der Waals surface area contributed by atoms with Crippen molar-refractivity contribution in [2.24, 2.45) is 4.99 Å². The summed E-state index contributed by atoms with van der Waals surface area (Å²) in [4.78, 5) is 19.3. The molecule has 2 unspecified atom stereocenters. The molecule has 1 aromatic carbocycles. The molecule has 2 heterocycles. The number of hydrogen-bond donors (Lipinski definition) is 0. The quantitative estimate of drug-likeness (QED) is 0.577. The van der Waals surface area contributed by atoms with E-state index in [4.69, 9.17) is 9.47 Å². The highest BCUT2D eigenvalue weighted by Crippen LogP contribution is 2.31. The van der Waals surface area contributed by atoms with E-state index in [1.165, 1.54) is 11.8 Å². The number of ether oxygens (including phenoxy) is 2. The van der Waals surface area contributed by atoms with Crippen molar-refractivity contribution in [1.82, 2.24) is 4.90 Å². The van der Waals surface area contributed by atoms with Crippen LogP contribution in [0.4, 0.5) is 0 Å². The maximum atomic E-state index is 12.3. The van der Waals surface area contributed by atoms with Crippen molar-refractivity contribution >= 4 is 28.9 Å². The van der Waals surface area contributed by atoms with Crippen molar-refractivity contribution in [1.29, 1.82) is 0 Å². The number of benzene rings is 1. The molecule has 1 saturated heterocycles. The van der Waals surface area contributed by atoms with Crippen LogP contribution in [-0.2, 0) is 9.53 Å². The van der Waals surface area contributed by atoms with Crippen LogP contribution in [0.1, 0.15) is 39.2 Å². The standard InChI is InChI=1S/C20H26N2O3S/c1-4-5-10-24-17-8-6-16(7-9-17)11-18-19(23)21-20(26-18)22-12-14(2)25-15(3)13-22/h6-9,11,14-15H,4-5,10,12-13H2,1-3H3. The fraction of sp³-hybridized carbons (Fsp3) is 0.500. The van der Waals surface area contributed by atoms with E-state index in [-0.39, 0.29) is 18.1 Å². The summed E-state index contributed by atoms with van der Waals surface area (Å²) in [7, 11) is 0. The first-order chi connectivity index (χ1) is 12.5. The molecule has 0 radical (unpaired) electrons. The monoisotopic (exact) mass is 374 g/mol. The van der Waals surface area contributed by atoms with Gasteiger partial charge in [-0.15, -0.1) is 0 Å². The molecule has 1 aromatic rings. The second kappa shape index (κ2) is 8.73.